The van der Waals surface area contributed by atoms with Gasteiger partial charge >= 0.3 is 66.4 Å². The number of anilines is 3. The minimum absolute atomic E-state index is 0.0188. The molecule has 35 nitrogen and oxygen atoms in total. The van der Waals surface area contributed by atoms with E-state index in [0.29, 0.717) is 5.76 Å². The molecule has 0 unspecified atom stereocenters. The van der Waals surface area contributed by atoms with Crippen molar-refractivity contribution in [1.82, 2.24) is 46.9 Å². The van der Waals surface area contributed by atoms with Crippen LogP contribution in [0.1, 0.15) is 48.5 Å². The number of rotatable bonds is 46. The Hall–Kier alpha value is -10.4. The lowest BCUT2D eigenvalue weighted by Crippen LogP contribution is -2.40. The van der Waals surface area contributed by atoms with E-state index in [1.165, 1.54) is 49.3 Å². The fourth-order valence-electron chi connectivity index (χ4n) is 6.10. The van der Waals surface area contributed by atoms with Crippen molar-refractivity contribution < 1.29 is 110 Å². The average Bonchev–Trinajstić information content (AvgIpc) is 0.834. The largest absolute Gasteiger partial charge is 0.496 e. The van der Waals surface area contributed by atoms with Gasteiger partial charge in [0.25, 0.3) is 0 Å². The Kier molecular flexibility index (Phi) is 40.5. The highest BCUT2D eigenvalue weighted by Crippen LogP contribution is 2.20. The third-order valence-electron chi connectivity index (χ3n) is 11.1. The van der Waals surface area contributed by atoms with Crippen molar-refractivity contribution in [2.75, 3.05) is 173 Å². The van der Waals surface area contributed by atoms with Crippen LogP contribution in [0.25, 0.3) is 0 Å². The maximum atomic E-state index is 13.0. The Morgan fingerprint density at radius 2 is 0.473 bits per heavy atom. The van der Waals surface area contributed by atoms with E-state index in [2.05, 4.69) is 71.4 Å². The number of amides is 6. The Labute approximate surface area is 539 Å². The summed E-state index contributed by atoms with van der Waals surface area (Å²) in [6.07, 6.45) is -5.56. The highest BCUT2D eigenvalue weighted by molar-refractivity contribution is 5.88. The summed E-state index contributed by atoms with van der Waals surface area (Å²) in [7, 11) is 0. The van der Waals surface area contributed by atoms with Crippen LogP contribution in [0.15, 0.2) is 73.1 Å². The number of alkyl carbamates (subject to hydrolysis) is 6. The fraction of sp³-hybridized carbons (Fsp3) is 0.552. The van der Waals surface area contributed by atoms with Gasteiger partial charge in [-0.05, 0) is 34.6 Å². The van der Waals surface area contributed by atoms with Crippen LogP contribution < -0.4 is 46.6 Å². The molecule has 0 aliphatic rings. The van der Waals surface area contributed by atoms with E-state index >= 15 is 0 Å². The fourth-order valence-corrected chi connectivity index (χ4v) is 6.10. The van der Waals surface area contributed by atoms with E-state index in [1.54, 1.807) is 0 Å². The number of allylic oxidation sites excluding steroid dienone is 1. The van der Waals surface area contributed by atoms with Gasteiger partial charge in [0.15, 0.2) is 0 Å². The number of nitrogens with one attached hydrogen (secondary N) is 6. The number of esters is 5. The molecule has 518 valence electrons. The number of nitrogens with zero attached hydrogens (tertiary/aromatic N) is 6. The molecule has 0 aromatic carbocycles. The standard InChI is InChI=1S/C58H88N12O23/c1-38(2)44(13)82-26-14-59-53(76)88-32-20-68(21-33-89-54(77)60-15-27-83-45(71)39(3)4)50-65-51(69(22-34-90-55(78)61-16-28-84-46(72)40(5)6)23-35-91-56(79)62-17-29-85-47(73)41(7)8)67-52(66-50)70(24-36-92-57(80)63-18-30-86-48(74)42(9)10)25-37-93-58(81)64-19-31-87-49(75)43(11)12/h38H,3,5,7,9,11,13-37H2,1-2,4,6,8,10,12H3,(H,59,76)(H,60,77)(H,61,78)(H,62,79)(H,63,80)(H,64,81). The molecule has 0 atom stereocenters. The number of aromatic nitrogens is 3. The Morgan fingerprint density at radius 1 is 0.301 bits per heavy atom. The van der Waals surface area contributed by atoms with Crippen LogP contribution in [0.4, 0.5) is 46.6 Å². The highest BCUT2D eigenvalue weighted by atomic mass is 16.6. The normalized spacial score (nSPS) is 10.2. The maximum Gasteiger partial charge on any atom is 0.407 e. The first-order chi connectivity index (χ1) is 44.1. The third kappa shape index (κ3) is 38.7. The summed E-state index contributed by atoms with van der Waals surface area (Å²) >= 11 is 0. The molecule has 0 aliphatic heterocycles. The molecular weight excluding hydrogens is 1230 g/mol. The number of hydrogen-bond donors (Lipinski definition) is 6. The van der Waals surface area contributed by atoms with E-state index in [4.69, 9.17) is 71.8 Å². The predicted octanol–water partition coefficient (Wildman–Crippen LogP) is 2.43. The first kappa shape index (κ1) is 80.6. The molecule has 1 aromatic rings. The molecule has 0 fully saturated rings. The number of ether oxygens (including phenoxy) is 12. The lowest BCUT2D eigenvalue weighted by Gasteiger charge is -2.29. The second kappa shape index (κ2) is 46.7. The van der Waals surface area contributed by atoms with Gasteiger partial charge in [-0.3, -0.25) is 0 Å². The monoisotopic (exact) mass is 1320 g/mol. The van der Waals surface area contributed by atoms with Crippen molar-refractivity contribution in [3.63, 3.8) is 0 Å². The molecule has 0 aliphatic carbocycles. The summed E-state index contributed by atoms with van der Waals surface area (Å²) in [5.41, 5.74) is 0.679. The molecule has 1 aromatic heterocycles. The molecule has 0 bridgehead atoms. The van der Waals surface area contributed by atoms with Crippen LogP contribution in [0, 0.1) is 5.92 Å². The van der Waals surface area contributed by atoms with Gasteiger partial charge in [-0.1, -0.05) is 53.3 Å². The Morgan fingerprint density at radius 3 is 0.634 bits per heavy atom. The van der Waals surface area contributed by atoms with Crippen molar-refractivity contribution in [1.29, 1.82) is 0 Å². The predicted molar refractivity (Wildman–Crippen MR) is 331 cm³/mol. The third-order valence-corrected chi connectivity index (χ3v) is 11.1. The molecule has 93 heavy (non-hydrogen) atoms. The van der Waals surface area contributed by atoms with Gasteiger partial charge in [0.05, 0.1) is 84.3 Å². The summed E-state index contributed by atoms with van der Waals surface area (Å²) in [5, 5.41) is 14.8. The minimum atomic E-state index is -0.943. The van der Waals surface area contributed by atoms with Gasteiger partial charge in [-0.15, -0.1) is 0 Å². The van der Waals surface area contributed by atoms with Gasteiger partial charge < -0.3 is 103 Å². The Bertz CT molecular complexity index is 2510. The first-order valence-corrected chi connectivity index (χ1v) is 29.0. The molecule has 1 rings (SSSR count). The molecule has 0 saturated carbocycles. The first-order valence-electron chi connectivity index (χ1n) is 29.0. The quantitative estimate of drug-likeness (QED) is 0.0179. The van der Waals surface area contributed by atoms with Gasteiger partial charge in [0.1, 0.15) is 79.3 Å². The molecule has 0 radical (unpaired) electrons. The van der Waals surface area contributed by atoms with Crippen LogP contribution >= 0.6 is 0 Å². The second-order valence-electron chi connectivity index (χ2n) is 19.6. The van der Waals surface area contributed by atoms with E-state index in [9.17, 15) is 52.7 Å². The van der Waals surface area contributed by atoms with Crippen molar-refractivity contribution in [3.05, 3.63) is 73.1 Å². The molecule has 0 saturated heterocycles. The van der Waals surface area contributed by atoms with E-state index in [1.807, 2.05) is 13.8 Å². The lowest BCUT2D eigenvalue weighted by molar-refractivity contribution is -0.139. The average molecular weight is 1320 g/mol. The summed E-state index contributed by atoms with van der Waals surface area (Å²) < 4.78 is 63.4. The zero-order valence-electron chi connectivity index (χ0n) is 53.9. The summed E-state index contributed by atoms with van der Waals surface area (Å²) in [6.45, 7) is 26.7. The van der Waals surface area contributed by atoms with E-state index in [-0.39, 0.29) is 176 Å². The van der Waals surface area contributed by atoms with Crippen LogP contribution in [0.5, 0.6) is 0 Å². The molecule has 35 heteroatoms. The van der Waals surface area contributed by atoms with Crippen LogP contribution in [-0.2, 0) is 80.8 Å². The number of carbonyl (C=O) groups excluding carboxylic acids is 11. The summed E-state index contributed by atoms with van der Waals surface area (Å²) in [5.74, 6) is -3.58. The molecule has 6 N–H and O–H groups in total. The van der Waals surface area contributed by atoms with Crippen LogP contribution in [-0.4, -0.2) is 239 Å². The van der Waals surface area contributed by atoms with Crippen molar-refractivity contribution >= 4 is 84.3 Å². The molecule has 0 spiro atoms. The summed E-state index contributed by atoms with van der Waals surface area (Å²) in [6, 6.07) is 0. The van der Waals surface area contributed by atoms with E-state index in [0.717, 1.165) is 0 Å². The summed E-state index contributed by atoms with van der Waals surface area (Å²) in [4.78, 5) is 155. The van der Waals surface area contributed by atoms with E-state index < -0.39 is 99.4 Å². The minimum Gasteiger partial charge on any atom is -0.496 e. The smallest absolute Gasteiger partial charge is 0.407 e. The Balaban J connectivity index is 4.03. The molecule has 6 amide bonds. The van der Waals surface area contributed by atoms with Crippen molar-refractivity contribution in [2.24, 2.45) is 5.92 Å². The van der Waals surface area contributed by atoms with Crippen LogP contribution in [0.3, 0.4) is 0 Å². The lowest BCUT2D eigenvalue weighted by atomic mass is 10.2. The van der Waals surface area contributed by atoms with Gasteiger partial charge in [0, 0.05) is 33.8 Å². The zero-order chi connectivity index (χ0) is 69.7. The van der Waals surface area contributed by atoms with Crippen molar-refractivity contribution in [3.8, 4) is 0 Å². The van der Waals surface area contributed by atoms with Gasteiger partial charge in [-0.2, -0.15) is 15.0 Å². The van der Waals surface area contributed by atoms with Gasteiger partial charge in [-0.25, -0.2) is 52.7 Å². The SMILES string of the molecule is C=C(C)C(=O)OCCNC(=O)OCCN(CCOC(=O)NCCOC(=C)C(C)C)c1nc(N(CCOC(=O)NCCOC(=O)C(=C)C)CCOC(=O)NCCOC(=O)C(=C)C)nc(N(CCOC(=O)NCCOC(=O)C(=C)C)CCOC(=O)NCCOC(=O)C(=C)C)n1. The number of hydrogen-bond acceptors (Lipinski definition) is 29. The maximum absolute atomic E-state index is 13.0. The van der Waals surface area contributed by atoms with Gasteiger partial charge in [0.2, 0.25) is 17.8 Å². The van der Waals surface area contributed by atoms with Crippen molar-refractivity contribution in [2.45, 2.75) is 48.5 Å². The highest BCUT2D eigenvalue weighted by Gasteiger charge is 2.24. The molecular formula is C58H88N12O23. The zero-order valence-corrected chi connectivity index (χ0v) is 53.9. The topological polar surface area (TPSA) is 419 Å². The van der Waals surface area contributed by atoms with Crippen LogP contribution in [0.2, 0.25) is 0 Å². The second-order valence-corrected chi connectivity index (χ2v) is 19.6. The number of carbonyl (C=O) groups is 11. The molecule has 1 heterocycles.